The van der Waals surface area contributed by atoms with Gasteiger partial charge in [0.15, 0.2) is 6.29 Å². The van der Waals surface area contributed by atoms with Crippen molar-refractivity contribution >= 4 is 34.8 Å². The molecule has 0 aromatic carbocycles. The van der Waals surface area contributed by atoms with E-state index in [4.69, 9.17) is 49.0 Å². The van der Waals surface area contributed by atoms with Crippen molar-refractivity contribution in [2.75, 3.05) is 18.4 Å². The van der Waals surface area contributed by atoms with Gasteiger partial charge in [0, 0.05) is 0 Å². The van der Waals surface area contributed by atoms with Crippen molar-refractivity contribution < 1.29 is 39.7 Å². The van der Waals surface area contributed by atoms with Crippen LogP contribution in [0, 0.1) is 0 Å². The molecule has 23 heavy (non-hydrogen) atoms. The summed E-state index contributed by atoms with van der Waals surface area (Å²) in [5.74, 6) is -2.43. The average Bonchev–Trinajstić information content (AvgIpc) is 2.80. The summed E-state index contributed by atoms with van der Waals surface area (Å²) in [6.45, 7) is -0.526. The van der Waals surface area contributed by atoms with Crippen molar-refractivity contribution in [3.8, 4) is 0 Å². The maximum atomic E-state index is 10.1. The van der Waals surface area contributed by atoms with E-state index in [1.807, 2.05) is 0 Å². The van der Waals surface area contributed by atoms with E-state index in [1.165, 1.54) is 0 Å². The first kappa shape index (κ1) is 19.9. The van der Waals surface area contributed by atoms with Gasteiger partial charge in [0.1, 0.15) is 36.6 Å². The molecule has 136 valence electrons. The van der Waals surface area contributed by atoms with Crippen molar-refractivity contribution in [3.63, 3.8) is 0 Å². The van der Waals surface area contributed by atoms with E-state index in [0.29, 0.717) is 0 Å². The molecule has 2 saturated heterocycles. The minimum Gasteiger partial charge on any atom is -0.394 e. The van der Waals surface area contributed by atoms with Gasteiger partial charge < -0.3 is 39.7 Å². The molecule has 5 N–H and O–H groups in total. The maximum Gasteiger partial charge on any atom is 0.214 e. The third-order valence-corrected chi connectivity index (χ3v) is 5.17. The fourth-order valence-corrected chi connectivity index (χ4v) is 3.37. The molecule has 0 amide bonds. The Morgan fingerprint density at radius 1 is 1.00 bits per heavy atom. The summed E-state index contributed by atoms with van der Waals surface area (Å²) < 4.78 is 16.1. The van der Waals surface area contributed by atoms with Crippen LogP contribution < -0.4 is 0 Å². The van der Waals surface area contributed by atoms with Gasteiger partial charge in [-0.1, -0.05) is 0 Å². The summed E-state index contributed by atoms with van der Waals surface area (Å²) in [6.07, 6.45) is -9.39. The van der Waals surface area contributed by atoms with Crippen LogP contribution in [0.2, 0.25) is 0 Å². The molecular formula is C12H19Cl3O8. The van der Waals surface area contributed by atoms with Gasteiger partial charge in [-0.3, -0.25) is 0 Å². The van der Waals surface area contributed by atoms with Crippen LogP contribution in [0.3, 0.4) is 0 Å². The maximum absolute atomic E-state index is 10.1. The van der Waals surface area contributed by atoms with Crippen molar-refractivity contribution in [1.29, 1.82) is 0 Å². The Labute approximate surface area is 147 Å². The van der Waals surface area contributed by atoms with Gasteiger partial charge in [-0.25, -0.2) is 0 Å². The Morgan fingerprint density at radius 3 is 2.13 bits per heavy atom. The number of hydrogen-bond acceptors (Lipinski definition) is 8. The van der Waals surface area contributed by atoms with Crippen molar-refractivity contribution in [1.82, 2.24) is 0 Å². The number of alkyl halides is 3. The van der Waals surface area contributed by atoms with Crippen LogP contribution in [-0.2, 0) is 14.2 Å². The van der Waals surface area contributed by atoms with Crippen LogP contribution >= 0.6 is 34.8 Å². The summed E-state index contributed by atoms with van der Waals surface area (Å²) >= 11 is 17.3. The third kappa shape index (κ3) is 3.58. The van der Waals surface area contributed by atoms with Crippen LogP contribution in [0.4, 0.5) is 0 Å². The van der Waals surface area contributed by atoms with Crippen LogP contribution in [0.5, 0.6) is 0 Å². The van der Waals surface area contributed by atoms with E-state index >= 15 is 0 Å². The molecule has 0 spiro atoms. The molecule has 0 aromatic heterocycles. The number of hydrogen-bond donors (Lipinski definition) is 5. The summed E-state index contributed by atoms with van der Waals surface area (Å²) in [5.41, 5.74) is 0. The SMILES string of the molecule is OC[C@H]1O[C@@H](O[C@@]2(CCl)O[C@H](CCl)[C@@H](O)[C@@H]2O)[C@H](O)[C@@H](O)[C@H]1Cl. The highest BCUT2D eigenvalue weighted by molar-refractivity contribution is 6.21. The highest BCUT2D eigenvalue weighted by atomic mass is 35.5. The zero-order valence-corrected chi connectivity index (χ0v) is 14.1. The number of aliphatic hydroxyl groups excluding tert-OH is 5. The Hall–Kier alpha value is 0.550. The van der Waals surface area contributed by atoms with Crippen LogP contribution in [-0.4, -0.2) is 98.0 Å². The molecule has 8 nitrogen and oxygen atoms in total. The third-order valence-electron chi connectivity index (χ3n) is 3.96. The predicted octanol–water partition coefficient (Wildman–Crippen LogP) is -1.66. The monoisotopic (exact) mass is 396 g/mol. The molecule has 0 saturated carbocycles. The molecular weight excluding hydrogens is 378 g/mol. The van der Waals surface area contributed by atoms with Gasteiger partial charge in [0.25, 0.3) is 0 Å². The first-order chi connectivity index (χ1) is 10.8. The zero-order chi connectivity index (χ0) is 17.4. The number of ether oxygens (including phenoxy) is 3. The minimum absolute atomic E-state index is 0.125. The van der Waals surface area contributed by atoms with Crippen molar-refractivity contribution in [3.05, 3.63) is 0 Å². The molecule has 0 aliphatic carbocycles. The first-order valence-electron chi connectivity index (χ1n) is 6.91. The van der Waals surface area contributed by atoms with Crippen LogP contribution in [0.25, 0.3) is 0 Å². The zero-order valence-electron chi connectivity index (χ0n) is 11.8. The molecule has 0 aromatic rings. The van der Waals surface area contributed by atoms with E-state index in [1.54, 1.807) is 0 Å². The fraction of sp³-hybridized carbons (Fsp3) is 1.00. The second-order valence-electron chi connectivity index (χ2n) is 5.46. The Bertz CT molecular complexity index is 403. The predicted molar refractivity (Wildman–Crippen MR) is 79.5 cm³/mol. The standard InChI is InChI=1S/C12H19Cl3O8/c13-1-4-7(17)10(20)12(3-14,22-4)23-11-9(19)8(18)6(15)5(2-16)21-11/h4-11,16-20H,1-3H2/t4-,5-,6+,7-,8+,9-,10+,11+,12-/m1/s1. The number of rotatable bonds is 5. The van der Waals surface area contributed by atoms with Crippen molar-refractivity contribution in [2.45, 2.75) is 54.1 Å². The van der Waals surface area contributed by atoms with E-state index in [-0.39, 0.29) is 5.88 Å². The molecule has 0 unspecified atom stereocenters. The molecule has 0 bridgehead atoms. The lowest BCUT2D eigenvalue weighted by Crippen LogP contribution is -2.61. The molecule has 2 aliphatic heterocycles. The number of aliphatic hydroxyl groups is 5. The number of halogens is 3. The quantitative estimate of drug-likeness (QED) is 0.349. The van der Waals surface area contributed by atoms with Crippen molar-refractivity contribution in [2.24, 2.45) is 0 Å². The molecule has 2 heterocycles. The molecule has 0 radical (unpaired) electrons. The normalized spacial score (nSPS) is 51.1. The minimum atomic E-state index is -1.90. The summed E-state index contributed by atoms with van der Waals surface area (Å²) in [4.78, 5) is 0. The fourth-order valence-electron chi connectivity index (χ4n) is 2.56. The van der Waals surface area contributed by atoms with E-state index in [2.05, 4.69) is 0 Å². The average molecular weight is 398 g/mol. The topological polar surface area (TPSA) is 129 Å². The Morgan fingerprint density at radius 2 is 1.65 bits per heavy atom. The smallest absolute Gasteiger partial charge is 0.214 e. The van der Waals surface area contributed by atoms with E-state index < -0.39 is 66.6 Å². The molecule has 2 fully saturated rings. The summed E-state index contributed by atoms with van der Waals surface area (Å²) in [7, 11) is 0. The lowest BCUT2D eigenvalue weighted by Gasteiger charge is -2.43. The molecule has 2 aliphatic rings. The summed E-state index contributed by atoms with van der Waals surface area (Å²) in [6, 6.07) is 0. The second-order valence-corrected chi connectivity index (χ2v) is 6.54. The van der Waals surface area contributed by atoms with Gasteiger partial charge in [0.2, 0.25) is 5.79 Å². The first-order valence-corrected chi connectivity index (χ1v) is 8.42. The van der Waals surface area contributed by atoms with Gasteiger partial charge >= 0.3 is 0 Å². The molecule has 2 rings (SSSR count). The van der Waals surface area contributed by atoms with Gasteiger partial charge in [-0.05, 0) is 0 Å². The van der Waals surface area contributed by atoms with E-state index in [9.17, 15) is 25.5 Å². The molecule has 9 atom stereocenters. The van der Waals surface area contributed by atoms with Gasteiger partial charge in [-0.15, -0.1) is 34.8 Å². The van der Waals surface area contributed by atoms with Gasteiger partial charge in [-0.2, -0.15) is 0 Å². The van der Waals surface area contributed by atoms with Crippen LogP contribution in [0.15, 0.2) is 0 Å². The highest BCUT2D eigenvalue weighted by Gasteiger charge is 2.58. The molecule has 11 heteroatoms. The Balaban J connectivity index is 2.18. The summed E-state index contributed by atoms with van der Waals surface area (Å²) in [5, 5.41) is 48.1. The Kier molecular flexibility index (Phi) is 6.77. The highest BCUT2D eigenvalue weighted by Crippen LogP contribution is 2.37. The van der Waals surface area contributed by atoms with E-state index in [0.717, 1.165) is 0 Å². The van der Waals surface area contributed by atoms with Gasteiger partial charge in [0.05, 0.1) is 23.7 Å². The lowest BCUT2D eigenvalue weighted by molar-refractivity contribution is -0.357. The lowest BCUT2D eigenvalue weighted by atomic mass is 10.0. The largest absolute Gasteiger partial charge is 0.394 e. The van der Waals surface area contributed by atoms with Crippen LogP contribution in [0.1, 0.15) is 0 Å². The second kappa shape index (κ2) is 7.84.